The fourth-order valence-electron chi connectivity index (χ4n) is 1.58. The summed E-state index contributed by atoms with van der Waals surface area (Å²) in [5, 5.41) is 0. The van der Waals surface area contributed by atoms with Crippen molar-refractivity contribution >= 4 is 12.4 Å². The molecule has 15 heavy (non-hydrogen) atoms. The van der Waals surface area contributed by atoms with Gasteiger partial charge in [-0.1, -0.05) is 12.1 Å². The van der Waals surface area contributed by atoms with Crippen LogP contribution in [0.4, 0.5) is 0 Å². The van der Waals surface area contributed by atoms with Crippen molar-refractivity contribution in [3.8, 4) is 11.5 Å². The van der Waals surface area contributed by atoms with Gasteiger partial charge in [-0.15, -0.1) is 12.4 Å². The van der Waals surface area contributed by atoms with Gasteiger partial charge in [0.25, 0.3) is 0 Å². The number of rotatable bonds is 3. The average molecular weight is 231 g/mol. The van der Waals surface area contributed by atoms with Gasteiger partial charge < -0.3 is 20.9 Å². The molecule has 0 spiro atoms. The molecule has 0 aliphatic carbocycles. The van der Waals surface area contributed by atoms with E-state index < -0.39 is 0 Å². The second-order valence-corrected chi connectivity index (χ2v) is 3.26. The van der Waals surface area contributed by atoms with Gasteiger partial charge in [0.1, 0.15) is 0 Å². The summed E-state index contributed by atoms with van der Waals surface area (Å²) in [6.07, 6.45) is 0.750. The Bertz CT molecular complexity index is 333. The Balaban J connectivity index is 0.00000112. The van der Waals surface area contributed by atoms with Crippen LogP contribution in [0.5, 0.6) is 11.5 Å². The van der Waals surface area contributed by atoms with E-state index in [0.717, 1.165) is 23.5 Å². The van der Waals surface area contributed by atoms with E-state index in [0.29, 0.717) is 6.54 Å². The lowest BCUT2D eigenvalue weighted by Crippen LogP contribution is -2.15. The van der Waals surface area contributed by atoms with Crippen LogP contribution in [0.1, 0.15) is 18.0 Å². The number of para-hydroxylation sites is 1. The minimum Gasteiger partial charge on any atom is -0.454 e. The number of ether oxygens (including phenoxy) is 2. The zero-order chi connectivity index (χ0) is 9.97. The third-order valence-electron chi connectivity index (χ3n) is 2.30. The molecule has 0 saturated carbocycles. The first kappa shape index (κ1) is 12.1. The van der Waals surface area contributed by atoms with Gasteiger partial charge >= 0.3 is 0 Å². The van der Waals surface area contributed by atoms with Crippen molar-refractivity contribution in [1.29, 1.82) is 0 Å². The summed E-state index contributed by atoms with van der Waals surface area (Å²) in [6.45, 7) is 0.855. The van der Waals surface area contributed by atoms with Crippen molar-refractivity contribution in [3.63, 3.8) is 0 Å². The van der Waals surface area contributed by atoms with E-state index in [1.165, 1.54) is 0 Å². The monoisotopic (exact) mass is 230 g/mol. The van der Waals surface area contributed by atoms with E-state index in [4.69, 9.17) is 20.9 Å². The minimum absolute atomic E-state index is 0. The normalized spacial score (nSPS) is 14.5. The maximum atomic E-state index is 5.96. The van der Waals surface area contributed by atoms with E-state index in [-0.39, 0.29) is 25.2 Å². The molecule has 0 amide bonds. The molecule has 0 bridgehead atoms. The van der Waals surface area contributed by atoms with Crippen molar-refractivity contribution in [2.75, 3.05) is 13.3 Å². The fraction of sp³-hybridized carbons (Fsp3) is 0.400. The molecule has 1 heterocycles. The molecule has 2 rings (SSSR count). The van der Waals surface area contributed by atoms with Gasteiger partial charge in [-0.25, -0.2) is 0 Å². The molecule has 1 aliphatic heterocycles. The van der Waals surface area contributed by atoms with E-state index >= 15 is 0 Å². The van der Waals surface area contributed by atoms with E-state index in [1.807, 2.05) is 18.2 Å². The predicted octanol–water partition coefficient (Wildman–Crippen LogP) is 1.19. The lowest BCUT2D eigenvalue weighted by molar-refractivity contribution is 0.173. The Morgan fingerprint density at radius 2 is 2.13 bits per heavy atom. The van der Waals surface area contributed by atoms with E-state index in [9.17, 15) is 0 Å². The molecule has 5 heteroatoms. The number of hydrogen-bond donors (Lipinski definition) is 2. The van der Waals surface area contributed by atoms with Crippen molar-refractivity contribution in [2.45, 2.75) is 12.5 Å². The summed E-state index contributed by atoms with van der Waals surface area (Å²) in [7, 11) is 0. The largest absolute Gasteiger partial charge is 0.454 e. The van der Waals surface area contributed by atoms with Gasteiger partial charge in [-0.2, -0.15) is 0 Å². The molecular weight excluding hydrogens is 216 g/mol. The van der Waals surface area contributed by atoms with Gasteiger partial charge in [-0.05, 0) is 19.0 Å². The zero-order valence-electron chi connectivity index (χ0n) is 8.31. The van der Waals surface area contributed by atoms with Gasteiger partial charge in [0, 0.05) is 11.6 Å². The molecule has 1 atom stereocenters. The van der Waals surface area contributed by atoms with E-state index in [2.05, 4.69) is 0 Å². The van der Waals surface area contributed by atoms with Crippen LogP contribution < -0.4 is 20.9 Å². The highest BCUT2D eigenvalue weighted by atomic mass is 35.5. The van der Waals surface area contributed by atoms with Crippen molar-refractivity contribution < 1.29 is 9.47 Å². The molecule has 0 unspecified atom stereocenters. The first-order valence-electron chi connectivity index (χ1n) is 4.67. The second kappa shape index (κ2) is 5.21. The Hall–Kier alpha value is -0.970. The van der Waals surface area contributed by atoms with Crippen LogP contribution in [0.15, 0.2) is 18.2 Å². The quantitative estimate of drug-likeness (QED) is 0.818. The second-order valence-electron chi connectivity index (χ2n) is 3.26. The Morgan fingerprint density at radius 3 is 2.87 bits per heavy atom. The molecule has 4 N–H and O–H groups in total. The van der Waals surface area contributed by atoms with Crippen LogP contribution in [0.3, 0.4) is 0 Å². The smallest absolute Gasteiger partial charge is 0.231 e. The summed E-state index contributed by atoms with van der Waals surface area (Å²) < 4.78 is 10.6. The number of halogens is 1. The highest BCUT2D eigenvalue weighted by Crippen LogP contribution is 2.38. The van der Waals surface area contributed by atoms with Gasteiger partial charge in [-0.3, -0.25) is 0 Å². The Morgan fingerprint density at radius 1 is 1.33 bits per heavy atom. The fourth-order valence-corrected chi connectivity index (χ4v) is 1.58. The summed E-state index contributed by atoms with van der Waals surface area (Å²) in [5.74, 6) is 1.54. The Labute approximate surface area is 94.9 Å². The minimum atomic E-state index is -0.0725. The highest BCUT2D eigenvalue weighted by Gasteiger charge is 2.20. The van der Waals surface area contributed by atoms with Crippen molar-refractivity contribution in [2.24, 2.45) is 11.5 Å². The number of benzene rings is 1. The summed E-state index contributed by atoms with van der Waals surface area (Å²) in [6, 6.07) is 5.67. The van der Waals surface area contributed by atoms with Crippen LogP contribution in [0.2, 0.25) is 0 Å². The highest BCUT2D eigenvalue weighted by molar-refractivity contribution is 5.85. The summed E-state index contributed by atoms with van der Waals surface area (Å²) in [5.41, 5.74) is 12.4. The SMILES string of the molecule is Cl.NCC[C@H](N)c1cccc2c1OCO2. The number of nitrogens with two attached hydrogens (primary N) is 2. The summed E-state index contributed by atoms with van der Waals surface area (Å²) in [4.78, 5) is 0. The molecule has 1 aliphatic rings. The van der Waals surface area contributed by atoms with Crippen molar-refractivity contribution in [1.82, 2.24) is 0 Å². The van der Waals surface area contributed by atoms with Crippen LogP contribution in [0, 0.1) is 0 Å². The summed E-state index contributed by atoms with van der Waals surface area (Å²) >= 11 is 0. The van der Waals surface area contributed by atoms with Gasteiger partial charge in [0.2, 0.25) is 6.79 Å². The molecule has 1 aromatic rings. The lowest BCUT2D eigenvalue weighted by atomic mass is 10.0. The number of hydrogen-bond acceptors (Lipinski definition) is 4. The van der Waals surface area contributed by atoms with Crippen LogP contribution in [-0.4, -0.2) is 13.3 Å². The van der Waals surface area contributed by atoms with Crippen LogP contribution >= 0.6 is 12.4 Å². The third-order valence-corrected chi connectivity index (χ3v) is 2.30. The Kier molecular flexibility index (Phi) is 4.20. The van der Waals surface area contributed by atoms with E-state index in [1.54, 1.807) is 0 Å². The number of fused-ring (bicyclic) bond motifs is 1. The zero-order valence-corrected chi connectivity index (χ0v) is 9.13. The molecule has 1 aromatic carbocycles. The molecular formula is C10H15ClN2O2. The first-order chi connectivity index (χ1) is 6.83. The van der Waals surface area contributed by atoms with Crippen LogP contribution in [-0.2, 0) is 0 Å². The van der Waals surface area contributed by atoms with Gasteiger partial charge in [0.15, 0.2) is 11.5 Å². The van der Waals surface area contributed by atoms with Crippen LogP contribution in [0.25, 0.3) is 0 Å². The molecule has 0 fully saturated rings. The molecule has 0 radical (unpaired) electrons. The molecule has 84 valence electrons. The van der Waals surface area contributed by atoms with Gasteiger partial charge in [0.05, 0.1) is 0 Å². The average Bonchev–Trinajstić information content (AvgIpc) is 2.65. The third kappa shape index (κ3) is 2.34. The topological polar surface area (TPSA) is 70.5 Å². The molecule has 4 nitrogen and oxygen atoms in total. The van der Waals surface area contributed by atoms with Crippen molar-refractivity contribution in [3.05, 3.63) is 23.8 Å². The lowest BCUT2D eigenvalue weighted by Gasteiger charge is -2.12. The molecule has 0 aromatic heterocycles. The predicted molar refractivity (Wildman–Crippen MR) is 60.4 cm³/mol. The molecule has 0 saturated heterocycles. The maximum absolute atomic E-state index is 5.96. The standard InChI is InChI=1S/C10H14N2O2.ClH/c11-5-4-8(12)7-2-1-3-9-10(7)14-6-13-9;/h1-3,8H,4-6,11-12H2;1H/t8-;/m0./s1. The maximum Gasteiger partial charge on any atom is 0.231 e. The first-order valence-corrected chi connectivity index (χ1v) is 4.67.